The van der Waals surface area contributed by atoms with E-state index < -0.39 is 42.2 Å². The number of benzene rings is 2. The van der Waals surface area contributed by atoms with Gasteiger partial charge in [-0.3, -0.25) is 10.1 Å². The lowest BCUT2D eigenvalue weighted by Crippen LogP contribution is -2.60. The Labute approximate surface area is 164 Å². The Kier molecular flexibility index (Phi) is 6.50. The Morgan fingerprint density at radius 2 is 1.75 bits per heavy atom. The first-order chi connectivity index (χ1) is 13.4. The molecule has 1 fully saturated rings. The summed E-state index contributed by atoms with van der Waals surface area (Å²) in [4.78, 5) is 12.2. The molecule has 0 spiro atoms. The van der Waals surface area contributed by atoms with Gasteiger partial charge in [-0.05, 0) is 18.2 Å². The molecule has 5 N–H and O–H groups in total. The number of nitrogens with zero attached hydrogens (tertiary/aromatic N) is 1. The van der Waals surface area contributed by atoms with Crippen LogP contribution in [0.5, 0.6) is 0 Å². The molecule has 0 unspecified atom stereocenters. The smallest absolute Gasteiger partial charge is 0.272 e. The minimum absolute atomic E-state index is 0.159. The van der Waals surface area contributed by atoms with Crippen LogP contribution in [-0.4, -0.2) is 62.6 Å². The van der Waals surface area contributed by atoms with E-state index in [1.54, 1.807) is 6.07 Å². The van der Waals surface area contributed by atoms with Crippen molar-refractivity contribution in [2.45, 2.75) is 40.4 Å². The monoisotopic (exact) mass is 408 g/mol. The van der Waals surface area contributed by atoms with E-state index in [1.165, 1.54) is 23.9 Å². The molecule has 9 nitrogen and oxygen atoms in total. The number of nitro groups is 1. The second kappa shape index (κ2) is 8.86. The highest BCUT2D eigenvalue weighted by molar-refractivity contribution is 7.99. The van der Waals surface area contributed by atoms with E-state index in [1.807, 2.05) is 30.3 Å². The zero-order chi connectivity index (χ0) is 20.3. The maximum atomic E-state index is 11.3. The summed E-state index contributed by atoms with van der Waals surface area (Å²) in [7, 11) is 0. The number of aliphatic hydroxyl groups excluding tert-OH is 4. The number of rotatable bonds is 6. The molecule has 0 aromatic heterocycles. The van der Waals surface area contributed by atoms with Crippen molar-refractivity contribution in [3.05, 3.63) is 58.6 Å². The van der Waals surface area contributed by atoms with Gasteiger partial charge in [-0.1, -0.05) is 30.0 Å². The van der Waals surface area contributed by atoms with Crippen LogP contribution in [0.15, 0.2) is 58.3 Å². The van der Waals surface area contributed by atoms with Crippen molar-refractivity contribution in [1.29, 1.82) is 0 Å². The molecular weight excluding hydrogens is 388 g/mol. The van der Waals surface area contributed by atoms with E-state index in [-0.39, 0.29) is 11.4 Å². The van der Waals surface area contributed by atoms with Crippen LogP contribution in [0.4, 0.5) is 11.4 Å². The summed E-state index contributed by atoms with van der Waals surface area (Å²) in [5, 5.41) is 53.3. The van der Waals surface area contributed by atoms with Crippen molar-refractivity contribution in [2.24, 2.45) is 0 Å². The van der Waals surface area contributed by atoms with Crippen molar-refractivity contribution in [2.75, 3.05) is 11.9 Å². The van der Waals surface area contributed by atoms with E-state index >= 15 is 0 Å². The van der Waals surface area contributed by atoms with Gasteiger partial charge in [0.05, 0.1) is 11.5 Å². The van der Waals surface area contributed by atoms with Gasteiger partial charge in [-0.15, -0.1) is 0 Å². The van der Waals surface area contributed by atoms with E-state index in [2.05, 4.69) is 5.32 Å². The molecular formula is C18H20N2O7S. The van der Waals surface area contributed by atoms with Crippen molar-refractivity contribution in [3.8, 4) is 0 Å². The largest absolute Gasteiger partial charge is 0.394 e. The lowest BCUT2D eigenvalue weighted by Gasteiger charge is -2.40. The summed E-state index contributed by atoms with van der Waals surface area (Å²) < 4.78 is 5.40. The molecule has 150 valence electrons. The van der Waals surface area contributed by atoms with Crippen molar-refractivity contribution >= 4 is 23.1 Å². The van der Waals surface area contributed by atoms with Crippen LogP contribution in [0, 0.1) is 10.1 Å². The van der Waals surface area contributed by atoms with Gasteiger partial charge in [-0.25, -0.2) is 0 Å². The van der Waals surface area contributed by atoms with Crippen molar-refractivity contribution in [3.63, 3.8) is 0 Å². The summed E-state index contributed by atoms with van der Waals surface area (Å²) in [5.41, 5.74) is 0.130. The molecule has 10 heteroatoms. The Bertz CT molecular complexity index is 821. The molecule has 0 radical (unpaired) electrons. The molecule has 5 atom stereocenters. The fourth-order valence-corrected chi connectivity index (χ4v) is 3.77. The molecule has 0 amide bonds. The molecule has 2 aromatic carbocycles. The van der Waals surface area contributed by atoms with Gasteiger partial charge in [-0.2, -0.15) is 0 Å². The Morgan fingerprint density at radius 1 is 1.04 bits per heavy atom. The van der Waals surface area contributed by atoms with Crippen LogP contribution < -0.4 is 5.32 Å². The average Bonchev–Trinajstić information content (AvgIpc) is 2.69. The number of ether oxygens (including phenoxy) is 1. The summed E-state index contributed by atoms with van der Waals surface area (Å²) in [5.74, 6) is 0. The van der Waals surface area contributed by atoms with Crippen molar-refractivity contribution in [1.82, 2.24) is 0 Å². The Morgan fingerprint density at radius 3 is 2.39 bits per heavy atom. The predicted molar refractivity (Wildman–Crippen MR) is 101 cm³/mol. The predicted octanol–water partition coefficient (Wildman–Crippen LogP) is 0.958. The minimum atomic E-state index is -1.54. The lowest BCUT2D eigenvalue weighted by atomic mass is 9.98. The third-order valence-corrected chi connectivity index (χ3v) is 5.26. The standard InChI is InChI=1S/C18H20N2O7S/c21-9-14-15(22)16(23)17(24)18(27-14)19-10-6-11(20(25)26)8-13(7-10)28-12-4-2-1-3-5-12/h1-8,14-19,21-24H,9H2/t14-,15+,16-,17+,18-/m1/s1. The van der Waals surface area contributed by atoms with Crippen LogP contribution >= 0.6 is 11.8 Å². The van der Waals surface area contributed by atoms with Crippen LogP contribution in [0.1, 0.15) is 0 Å². The number of nitro benzene ring substituents is 1. The molecule has 1 aliphatic heterocycles. The second-order valence-corrected chi connectivity index (χ2v) is 7.43. The Balaban J connectivity index is 1.85. The van der Waals surface area contributed by atoms with Gasteiger partial charge in [0.25, 0.3) is 5.69 Å². The highest BCUT2D eigenvalue weighted by atomic mass is 32.2. The first-order valence-electron chi connectivity index (χ1n) is 8.48. The van der Waals surface area contributed by atoms with E-state index in [9.17, 15) is 30.5 Å². The van der Waals surface area contributed by atoms with Crippen LogP contribution in [0.2, 0.25) is 0 Å². The summed E-state index contributed by atoms with van der Waals surface area (Å²) in [6.07, 6.45) is -6.77. The number of hydrogen-bond acceptors (Lipinski definition) is 9. The Hall–Kier alpha value is -2.21. The molecule has 0 bridgehead atoms. The fourth-order valence-electron chi connectivity index (χ4n) is 2.84. The van der Waals surface area contributed by atoms with Gasteiger partial charge >= 0.3 is 0 Å². The molecule has 2 aromatic rings. The molecule has 0 saturated carbocycles. The van der Waals surface area contributed by atoms with Gasteiger partial charge in [0.1, 0.15) is 24.4 Å². The number of hydrogen-bond donors (Lipinski definition) is 5. The number of nitrogens with one attached hydrogen (secondary N) is 1. The van der Waals surface area contributed by atoms with Gasteiger partial charge < -0.3 is 30.5 Å². The zero-order valence-corrected chi connectivity index (χ0v) is 15.4. The van der Waals surface area contributed by atoms with Crippen LogP contribution in [0.25, 0.3) is 0 Å². The number of aliphatic hydroxyl groups is 4. The molecule has 3 rings (SSSR count). The molecule has 1 heterocycles. The SMILES string of the molecule is O=[N+]([O-])c1cc(N[C@@H]2O[C@H](CO)[C@H](O)[C@@H](O)[C@@H]2O)cc(Sc2ccccc2)c1. The van der Waals surface area contributed by atoms with Gasteiger partial charge in [0.2, 0.25) is 0 Å². The van der Waals surface area contributed by atoms with Crippen LogP contribution in [-0.2, 0) is 4.74 Å². The molecule has 1 saturated heterocycles. The number of non-ortho nitro benzene ring substituents is 1. The highest BCUT2D eigenvalue weighted by Gasteiger charge is 2.43. The first-order valence-corrected chi connectivity index (χ1v) is 9.30. The quantitative estimate of drug-likeness (QED) is 0.348. The van der Waals surface area contributed by atoms with E-state index in [0.717, 1.165) is 4.90 Å². The molecule has 1 aliphatic rings. The minimum Gasteiger partial charge on any atom is -0.394 e. The van der Waals surface area contributed by atoms with E-state index in [0.29, 0.717) is 4.90 Å². The van der Waals surface area contributed by atoms with Gasteiger partial charge in [0.15, 0.2) is 6.23 Å². The lowest BCUT2D eigenvalue weighted by molar-refractivity contribution is -0.385. The summed E-state index contributed by atoms with van der Waals surface area (Å²) in [6, 6.07) is 13.7. The normalized spacial score (nSPS) is 27.4. The second-order valence-electron chi connectivity index (χ2n) is 6.28. The zero-order valence-electron chi connectivity index (χ0n) is 14.6. The summed E-state index contributed by atoms with van der Waals surface area (Å²) in [6.45, 7) is -0.562. The fraction of sp³-hybridized carbons (Fsp3) is 0.333. The first kappa shape index (κ1) is 20.5. The van der Waals surface area contributed by atoms with Crippen molar-refractivity contribution < 1.29 is 30.1 Å². The third kappa shape index (κ3) is 4.61. The maximum Gasteiger partial charge on any atom is 0.272 e. The highest BCUT2D eigenvalue weighted by Crippen LogP contribution is 2.34. The summed E-state index contributed by atoms with van der Waals surface area (Å²) >= 11 is 1.33. The molecule has 28 heavy (non-hydrogen) atoms. The number of anilines is 1. The average molecular weight is 408 g/mol. The topological polar surface area (TPSA) is 145 Å². The van der Waals surface area contributed by atoms with E-state index in [4.69, 9.17) is 4.74 Å². The maximum absolute atomic E-state index is 11.3. The third-order valence-electron chi connectivity index (χ3n) is 4.28. The molecule has 0 aliphatic carbocycles. The van der Waals surface area contributed by atoms with Crippen LogP contribution in [0.3, 0.4) is 0 Å². The van der Waals surface area contributed by atoms with Gasteiger partial charge in [0, 0.05) is 27.6 Å².